The van der Waals surface area contributed by atoms with E-state index in [0.29, 0.717) is 0 Å². The number of H-pyrrole nitrogens is 1. The van der Waals surface area contributed by atoms with Gasteiger partial charge in [-0.2, -0.15) is 0 Å². The van der Waals surface area contributed by atoms with E-state index in [2.05, 4.69) is 47.3 Å². The minimum atomic E-state index is 0.872. The van der Waals surface area contributed by atoms with Crippen molar-refractivity contribution in [1.82, 2.24) is 9.88 Å². The van der Waals surface area contributed by atoms with Crippen molar-refractivity contribution < 1.29 is 0 Å². The summed E-state index contributed by atoms with van der Waals surface area (Å²) in [6.45, 7) is 4.93. The zero-order valence-electron chi connectivity index (χ0n) is 14.4. The Hall–Kier alpha value is -1.28. The van der Waals surface area contributed by atoms with Gasteiger partial charge in [-0.05, 0) is 55.6 Å². The number of fused-ring (bicyclic) bond motifs is 4. The SMILES string of the molecule is CCCCC1CC2CCC1N(CCc1c[nH]c3ccccc13)C2. The molecule has 3 heterocycles. The third-order valence-electron chi connectivity index (χ3n) is 6.28. The van der Waals surface area contributed by atoms with Gasteiger partial charge >= 0.3 is 0 Å². The predicted octanol–water partition coefficient (Wildman–Crippen LogP) is 5.00. The maximum atomic E-state index is 3.43. The fourth-order valence-electron chi connectivity index (χ4n) is 5.10. The van der Waals surface area contributed by atoms with Crippen molar-refractivity contribution in [2.45, 2.75) is 57.9 Å². The van der Waals surface area contributed by atoms with Gasteiger partial charge in [-0.1, -0.05) is 38.0 Å². The Morgan fingerprint density at radius 1 is 1.22 bits per heavy atom. The Kier molecular flexibility index (Phi) is 4.43. The summed E-state index contributed by atoms with van der Waals surface area (Å²) in [5, 5.41) is 1.41. The molecule has 1 saturated carbocycles. The van der Waals surface area contributed by atoms with E-state index in [0.717, 1.165) is 17.9 Å². The molecule has 3 aliphatic rings. The van der Waals surface area contributed by atoms with E-state index < -0.39 is 0 Å². The van der Waals surface area contributed by atoms with Crippen LogP contribution in [0.25, 0.3) is 10.9 Å². The molecule has 23 heavy (non-hydrogen) atoms. The first-order valence-corrected chi connectivity index (χ1v) is 9.64. The smallest absolute Gasteiger partial charge is 0.0456 e. The number of aromatic nitrogens is 1. The van der Waals surface area contributed by atoms with E-state index in [9.17, 15) is 0 Å². The molecule has 2 aliphatic heterocycles. The highest BCUT2D eigenvalue weighted by Crippen LogP contribution is 2.41. The molecule has 3 fully saturated rings. The molecule has 0 amide bonds. The summed E-state index contributed by atoms with van der Waals surface area (Å²) in [5.74, 6) is 1.95. The van der Waals surface area contributed by atoms with Gasteiger partial charge in [0, 0.05) is 36.2 Å². The molecule has 1 N–H and O–H groups in total. The van der Waals surface area contributed by atoms with Crippen LogP contribution in [0.1, 0.15) is 51.0 Å². The second-order valence-electron chi connectivity index (χ2n) is 7.75. The molecule has 3 unspecified atom stereocenters. The number of aromatic amines is 1. The standard InChI is InChI=1S/C21H30N2/c1-2-3-6-17-13-16-9-10-21(17)23(15-16)12-11-18-14-22-20-8-5-4-7-19(18)20/h4-5,7-8,14,16-17,21-22H,2-3,6,9-13,15H2,1H3. The lowest BCUT2D eigenvalue weighted by Gasteiger charge is -2.50. The average Bonchev–Trinajstić information content (AvgIpc) is 3.02. The van der Waals surface area contributed by atoms with Crippen LogP contribution in [0.4, 0.5) is 0 Å². The predicted molar refractivity (Wildman–Crippen MR) is 97.7 cm³/mol. The molecule has 2 bridgehead atoms. The van der Waals surface area contributed by atoms with Crippen molar-refractivity contribution >= 4 is 10.9 Å². The second-order valence-corrected chi connectivity index (χ2v) is 7.75. The Labute approximate surface area is 140 Å². The minimum Gasteiger partial charge on any atom is -0.361 e. The molecular formula is C21H30N2. The number of nitrogens with zero attached hydrogens (tertiary/aromatic N) is 1. The highest BCUT2D eigenvalue weighted by Gasteiger charge is 2.39. The summed E-state index contributed by atoms with van der Waals surface area (Å²) in [6, 6.07) is 9.58. The van der Waals surface area contributed by atoms with Gasteiger partial charge in [0.2, 0.25) is 0 Å². The third-order valence-corrected chi connectivity index (χ3v) is 6.28. The van der Waals surface area contributed by atoms with E-state index in [1.165, 1.54) is 74.5 Å². The molecule has 1 aliphatic carbocycles. The van der Waals surface area contributed by atoms with Gasteiger partial charge in [0.25, 0.3) is 0 Å². The molecule has 1 aromatic carbocycles. The van der Waals surface area contributed by atoms with Gasteiger partial charge in [0.1, 0.15) is 0 Å². The van der Waals surface area contributed by atoms with Crippen LogP contribution in [-0.2, 0) is 6.42 Å². The molecule has 1 aromatic heterocycles. The normalized spacial score (nSPS) is 27.8. The fraction of sp³-hybridized carbons (Fsp3) is 0.619. The molecule has 0 spiro atoms. The highest BCUT2D eigenvalue weighted by atomic mass is 15.2. The Morgan fingerprint density at radius 3 is 3.00 bits per heavy atom. The van der Waals surface area contributed by atoms with Crippen LogP contribution in [0.5, 0.6) is 0 Å². The van der Waals surface area contributed by atoms with Crippen LogP contribution in [0.2, 0.25) is 0 Å². The lowest BCUT2D eigenvalue weighted by Crippen LogP contribution is -2.53. The molecular weight excluding hydrogens is 280 g/mol. The number of para-hydroxylation sites is 1. The maximum absolute atomic E-state index is 3.43. The van der Waals surface area contributed by atoms with Gasteiger partial charge in [-0.25, -0.2) is 0 Å². The lowest BCUT2D eigenvalue weighted by molar-refractivity contribution is -0.00186. The van der Waals surface area contributed by atoms with Crippen molar-refractivity contribution in [2.75, 3.05) is 13.1 Å². The molecule has 2 saturated heterocycles. The number of hydrogen-bond acceptors (Lipinski definition) is 1. The summed E-state index contributed by atoms with van der Waals surface area (Å²) in [5.41, 5.74) is 2.77. The number of unbranched alkanes of at least 4 members (excludes halogenated alkanes) is 1. The van der Waals surface area contributed by atoms with Crippen LogP contribution in [0, 0.1) is 11.8 Å². The number of nitrogens with one attached hydrogen (secondary N) is 1. The van der Waals surface area contributed by atoms with E-state index in [1.807, 2.05) is 0 Å². The molecule has 2 nitrogen and oxygen atoms in total. The first-order valence-electron chi connectivity index (χ1n) is 9.64. The van der Waals surface area contributed by atoms with Crippen molar-refractivity contribution in [3.05, 3.63) is 36.0 Å². The van der Waals surface area contributed by atoms with Gasteiger partial charge < -0.3 is 4.98 Å². The molecule has 3 atom stereocenters. The lowest BCUT2D eigenvalue weighted by atomic mass is 9.71. The molecule has 124 valence electrons. The zero-order chi connectivity index (χ0) is 15.6. The zero-order valence-corrected chi connectivity index (χ0v) is 14.4. The van der Waals surface area contributed by atoms with E-state index in [4.69, 9.17) is 0 Å². The van der Waals surface area contributed by atoms with Gasteiger partial charge in [0.05, 0.1) is 0 Å². The Bertz CT molecular complexity index is 644. The number of piperidine rings is 2. The molecule has 5 rings (SSSR count). The van der Waals surface area contributed by atoms with Crippen LogP contribution in [0.15, 0.2) is 30.5 Å². The van der Waals surface area contributed by atoms with Crippen LogP contribution in [-0.4, -0.2) is 29.0 Å². The van der Waals surface area contributed by atoms with Crippen LogP contribution >= 0.6 is 0 Å². The first kappa shape index (κ1) is 15.3. The van der Waals surface area contributed by atoms with Gasteiger partial charge in [0.15, 0.2) is 0 Å². The average molecular weight is 310 g/mol. The third kappa shape index (κ3) is 3.06. The summed E-state index contributed by atoms with van der Waals surface area (Å²) < 4.78 is 0. The van der Waals surface area contributed by atoms with E-state index >= 15 is 0 Å². The molecule has 0 radical (unpaired) electrons. The highest BCUT2D eigenvalue weighted by molar-refractivity contribution is 5.83. The van der Waals surface area contributed by atoms with Gasteiger partial charge in [-0.15, -0.1) is 0 Å². The second kappa shape index (κ2) is 6.68. The van der Waals surface area contributed by atoms with Gasteiger partial charge in [-0.3, -0.25) is 4.90 Å². The quantitative estimate of drug-likeness (QED) is 0.795. The van der Waals surface area contributed by atoms with Crippen molar-refractivity contribution in [1.29, 1.82) is 0 Å². The van der Waals surface area contributed by atoms with E-state index in [-0.39, 0.29) is 0 Å². The monoisotopic (exact) mass is 310 g/mol. The largest absolute Gasteiger partial charge is 0.361 e. The summed E-state index contributed by atoms with van der Waals surface area (Å²) in [7, 11) is 0. The number of hydrogen-bond donors (Lipinski definition) is 1. The summed E-state index contributed by atoms with van der Waals surface area (Å²) in [6.07, 6.45) is 12.1. The van der Waals surface area contributed by atoms with E-state index in [1.54, 1.807) is 0 Å². The fourth-order valence-corrected chi connectivity index (χ4v) is 5.10. The number of benzene rings is 1. The Morgan fingerprint density at radius 2 is 2.13 bits per heavy atom. The summed E-state index contributed by atoms with van der Waals surface area (Å²) >= 11 is 0. The Balaban J connectivity index is 1.42. The van der Waals surface area contributed by atoms with Crippen molar-refractivity contribution in [2.24, 2.45) is 11.8 Å². The van der Waals surface area contributed by atoms with Crippen LogP contribution in [0.3, 0.4) is 0 Å². The van der Waals surface area contributed by atoms with Crippen molar-refractivity contribution in [3.8, 4) is 0 Å². The number of rotatable bonds is 6. The first-order chi connectivity index (χ1) is 11.3. The minimum absolute atomic E-state index is 0.872. The van der Waals surface area contributed by atoms with Crippen molar-refractivity contribution in [3.63, 3.8) is 0 Å². The maximum Gasteiger partial charge on any atom is 0.0456 e. The summed E-state index contributed by atoms with van der Waals surface area (Å²) in [4.78, 5) is 6.26. The topological polar surface area (TPSA) is 19.0 Å². The van der Waals surface area contributed by atoms with Crippen LogP contribution < -0.4 is 0 Å². The molecule has 2 aromatic rings. The molecule has 2 heteroatoms.